The Kier molecular flexibility index (Phi) is 9.73. The fourth-order valence-electron chi connectivity index (χ4n) is 2.63. The van der Waals surface area contributed by atoms with Crippen LogP contribution >= 0.6 is 11.6 Å². The number of hydrogen-bond acceptors (Lipinski definition) is 3. The van der Waals surface area contributed by atoms with Crippen LogP contribution < -0.4 is 10.6 Å². The first-order chi connectivity index (χ1) is 12.4. The Morgan fingerprint density at radius 3 is 2.42 bits per heavy atom. The van der Waals surface area contributed by atoms with Gasteiger partial charge in [-0.2, -0.15) is 0 Å². The van der Waals surface area contributed by atoms with Crippen LogP contribution in [0.5, 0.6) is 0 Å². The first kappa shape index (κ1) is 22.0. The zero-order chi connectivity index (χ0) is 19.5. The second-order valence-electron chi connectivity index (χ2n) is 6.23. The van der Waals surface area contributed by atoms with Gasteiger partial charge in [-0.15, -0.1) is 0 Å². The van der Waals surface area contributed by atoms with Crippen molar-refractivity contribution in [3.63, 3.8) is 0 Å². The molecule has 0 aliphatic heterocycles. The summed E-state index contributed by atoms with van der Waals surface area (Å²) in [6, 6.07) is 5.46. The van der Waals surface area contributed by atoms with Gasteiger partial charge in [0.1, 0.15) is 6.04 Å². The molecule has 1 rings (SSSR count). The first-order valence-corrected chi connectivity index (χ1v) is 9.31. The highest BCUT2D eigenvalue weighted by atomic mass is 35.5. The van der Waals surface area contributed by atoms with Gasteiger partial charge in [0.25, 0.3) is 5.91 Å². The molecule has 0 spiro atoms. The van der Waals surface area contributed by atoms with Crippen molar-refractivity contribution >= 4 is 29.4 Å². The summed E-state index contributed by atoms with van der Waals surface area (Å²) in [5.74, 6) is -1.31. The van der Waals surface area contributed by atoms with Crippen LogP contribution in [-0.4, -0.2) is 35.5 Å². The summed E-state index contributed by atoms with van der Waals surface area (Å²) >= 11 is 5.88. The third-order valence-electron chi connectivity index (χ3n) is 4.36. The summed E-state index contributed by atoms with van der Waals surface area (Å²) in [5.41, 5.74) is 0.322. The molecule has 3 N–H and O–H groups in total. The van der Waals surface area contributed by atoms with Crippen molar-refractivity contribution in [2.45, 2.75) is 52.0 Å². The number of rotatable bonds is 11. The van der Waals surface area contributed by atoms with E-state index in [1.807, 2.05) is 0 Å². The Hall–Kier alpha value is -2.08. The molecular formula is C19H27ClN2O4. The van der Waals surface area contributed by atoms with Gasteiger partial charge >= 0.3 is 5.97 Å². The Morgan fingerprint density at radius 2 is 1.85 bits per heavy atom. The molecule has 0 heterocycles. The lowest BCUT2D eigenvalue weighted by Crippen LogP contribution is -2.47. The Balaban J connectivity index is 2.69. The van der Waals surface area contributed by atoms with Crippen LogP contribution in [0.2, 0.25) is 5.02 Å². The monoisotopic (exact) mass is 382 g/mol. The minimum Gasteiger partial charge on any atom is -0.481 e. The molecule has 1 atom stereocenters. The van der Waals surface area contributed by atoms with Gasteiger partial charge < -0.3 is 15.7 Å². The highest BCUT2D eigenvalue weighted by Gasteiger charge is 2.22. The van der Waals surface area contributed by atoms with Crippen molar-refractivity contribution < 1.29 is 19.5 Å². The summed E-state index contributed by atoms with van der Waals surface area (Å²) in [4.78, 5) is 35.6. The average Bonchev–Trinajstić information content (AvgIpc) is 2.61. The molecule has 0 aliphatic carbocycles. The molecule has 0 bridgehead atoms. The van der Waals surface area contributed by atoms with Gasteiger partial charge in [0.15, 0.2) is 0 Å². The molecule has 0 radical (unpaired) electrons. The summed E-state index contributed by atoms with van der Waals surface area (Å²) < 4.78 is 0. The van der Waals surface area contributed by atoms with E-state index in [1.54, 1.807) is 18.2 Å². The standard InChI is InChI=1S/C19H27ClN2O4/c1-3-13(4-2)10-11-21-19(26)16(8-9-17(23)24)22-18(25)14-6-5-7-15(20)12-14/h5-7,12-13,16H,3-4,8-11H2,1-2H3,(H,21,26)(H,22,25)(H,23,24). The number of hydrogen-bond donors (Lipinski definition) is 3. The van der Waals surface area contributed by atoms with E-state index < -0.39 is 17.9 Å². The van der Waals surface area contributed by atoms with Gasteiger partial charge in [-0.1, -0.05) is 44.4 Å². The molecule has 26 heavy (non-hydrogen) atoms. The van der Waals surface area contributed by atoms with Gasteiger partial charge in [0.05, 0.1) is 0 Å². The van der Waals surface area contributed by atoms with Crippen molar-refractivity contribution in [1.29, 1.82) is 0 Å². The number of nitrogens with one attached hydrogen (secondary N) is 2. The predicted octanol–water partition coefficient (Wildman–Crippen LogP) is 3.25. The molecule has 144 valence electrons. The molecule has 0 saturated carbocycles. The molecule has 6 nitrogen and oxygen atoms in total. The summed E-state index contributed by atoms with van der Waals surface area (Å²) in [7, 11) is 0. The van der Waals surface area contributed by atoms with Gasteiger partial charge in [-0.05, 0) is 37.0 Å². The molecule has 0 fully saturated rings. The van der Waals surface area contributed by atoms with E-state index in [0.717, 1.165) is 19.3 Å². The molecule has 2 amide bonds. The maximum atomic E-state index is 12.4. The molecule has 1 aromatic rings. The molecule has 0 saturated heterocycles. The lowest BCUT2D eigenvalue weighted by Gasteiger charge is -2.19. The third kappa shape index (κ3) is 7.87. The van der Waals surface area contributed by atoms with Crippen molar-refractivity contribution in [2.75, 3.05) is 6.54 Å². The van der Waals surface area contributed by atoms with Crippen LogP contribution in [0.3, 0.4) is 0 Å². The average molecular weight is 383 g/mol. The van der Waals surface area contributed by atoms with Crippen molar-refractivity contribution in [3.8, 4) is 0 Å². The zero-order valence-corrected chi connectivity index (χ0v) is 16.0. The second-order valence-corrected chi connectivity index (χ2v) is 6.67. The highest BCUT2D eigenvalue weighted by Crippen LogP contribution is 2.12. The van der Waals surface area contributed by atoms with Crippen LogP contribution in [0.15, 0.2) is 24.3 Å². The van der Waals surface area contributed by atoms with Crippen LogP contribution in [0.4, 0.5) is 0 Å². The fourth-order valence-corrected chi connectivity index (χ4v) is 2.82. The fraction of sp³-hybridized carbons (Fsp3) is 0.526. The SMILES string of the molecule is CCC(CC)CCNC(=O)C(CCC(=O)O)NC(=O)c1cccc(Cl)c1. The maximum Gasteiger partial charge on any atom is 0.303 e. The summed E-state index contributed by atoms with van der Waals surface area (Å²) in [5, 5.41) is 14.7. The van der Waals surface area contributed by atoms with Gasteiger partial charge in [0, 0.05) is 23.6 Å². The number of benzene rings is 1. The maximum absolute atomic E-state index is 12.4. The topological polar surface area (TPSA) is 95.5 Å². The van der Waals surface area contributed by atoms with Gasteiger partial charge in [0.2, 0.25) is 5.91 Å². The molecule has 0 aliphatic rings. The number of aliphatic carboxylic acids is 1. The Labute approximate surface area is 159 Å². The van der Waals surface area contributed by atoms with Crippen LogP contribution in [0.1, 0.15) is 56.3 Å². The minimum atomic E-state index is -1.02. The van der Waals surface area contributed by atoms with E-state index in [2.05, 4.69) is 24.5 Å². The third-order valence-corrected chi connectivity index (χ3v) is 4.60. The van der Waals surface area contributed by atoms with E-state index in [0.29, 0.717) is 23.0 Å². The molecular weight excluding hydrogens is 356 g/mol. The minimum absolute atomic E-state index is 0.0262. The smallest absolute Gasteiger partial charge is 0.303 e. The number of carboxylic acids is 1. The van der Waals surface area contributed by atoms with E-state index in [-0.39, 0.29) is 18.7 Å². The number of halogens is 1. The number of carbonyl (C=O) groups is 3. The first-order valence-electron chi connectivity index (χ1n) is 8.93. The summed E-state index contributed by atoms with van der Waals surface area (Å²) in [6.45, 7) is 4.72. The lowest BCUT2D eigenvalue weighted by atomic mass is 9.99. The molecule has 0 aromatic heterocycles. The van der Waals surface area contributed by atoms with E-state index in [4.69, 9.17) is 16.7 Å². The highest BCUT2D eigenvalue weighted by molar-refractivity contribution is 6.31. The van der Waals surface area contributed by atoms with Gasteiger partial charge in [-0.25, -0.2) is 0 Å². The molecule has 7 heteroatoms. The van der Waals surface area contributed by atoms with Crippen molar-refractivity contribution in [1.82, 2.24) is 10.6 Å². The van der Waals surface area contributed by atoms with Crippen molar-refractivity contribution in [3.05, 3.63) is 34.9 Å². The van der Waals surface area contributed by atoms with Gasteiger partial charge in [-0.3, -0.25) is 14.4 Å². The molecule has 1 unspecified atom stereocenters. The van der Waals surface area contributed by atoms with Crippen LogP contribution in [-0.2, 0) is 9.59 Å². The quantitative estimate of drug-likeness (QED) is 0.547. The zero-order valence-electron chi connectivity index (χ0n) is 15.3. The lowest BCUT2D eigenvalue weighted by molar-refractivity contribution is -0.137. The van der Waals surface area contributed by atoms with E-state index >= 15 is 0 Å². The normalized spacial score (nSPS) is 11.8. The number of carboxylic acid groups (broad SMARTS) is 1. The van der Waals surface area contributed by atoms with E-state index in [1.165, 1.54) is 6.07 Å². The number of amides is 2. The predicted molar refractivity (Wildman–Crippen MR) is 101 cm³/mol. The number of carbonyl (C=O) groups excluding carboxylic acids is 2. The second kappa shape index (κ2) is 11.5. The Bertz CT molecular complexity index is 617. The summed E-state index contributed by atoms with van der Waals surface area (Å²) in [6.07, 6.45) is 2.76. The van der Waals surface area contributed by atoms with Crippen LogP contribution in [0.25, 0.3) is 0 Å². The van der Waals surface area contributed by atoms with E-state index in [9.17, 15) is 14.4 Å². The Morgan fingerprint density at radius 1 is 1.15 bits per heavy atom. The van der Waals surface area contributed by atoms with Crippen LogP contribution in [0, 0.1) is 5.92 Å². The molecule has 1 aromatic carbocycles. The van der Waals surface area contributed by atoms with Crippen molar-refractivity contribution in [2.24, 2.45) is 5.92 Å². The largest absolute Gasteiger partial charge is 0.481 e.